The molecule has 20 nitrogen and oxygen atoms in total. The Labute approximate surface area is 213 Å². The predicted octanol–water partition coefficient (Wildman–Crippen LogP) is -1.45. The smallest absolute Gasteiger partial charge is 0.387 e. The fourth-order valence-electron chi connectivity index (χ4n) is 3.22. The lowest BCUT2D eigenvalue weighted by molar-refractivity contribution is -0.0542. The van der Waals surface area contributed by atoms with Crippen molar-refractivity contribution in [2.24, 2.45) is 0 Å². The molecule has 0 aromatic carbocycles. The van der Waals surface area contributed by atoms with Crippen LogP contribution in [0.5, 0.6) is 0 Å². The minimum atomic E-state index is -5.77. The van der Waals surface area contributed by atoms with Crippen LogP contribution in [0.3, 0.4) is 0 Å². The molecule has 38 heavy (non-hydrogen) atoms. The zero-order valence-corrected chi connectivity index (χ0v) is 22.2. The summed E-state index contributed by atoms with van der Waals surface area (Å²) < 4.78 is 53.3. The summed E-state index contributed by atoms with van der Waals surface area (Å²) in [5.74, 6) is -0.0523. The third-order valence-corrected chi connectivity index (χ3v) is 8.77. The van der Waals surface area contributed by atoms with Crippen LogP contribution in [-0.2, 0) is 38.1 Å². The van der Waals surface area contributed by atoms with Gasteiger partial charge in [0.2, 0.25) is 0 Å². The van der Waals surface area contributed by atoms with Crippen molar-refractivity contribution in [2.45, 2.75) is 50.8 Å². The Morgan fingerprint density at radius 1 is 1.08 bits per heavy atom. The molecule has 1 aliphatic heterocycles. The maximum absolute atomic E-state index is 12.5. The van der Waals surface area contributed by atoms with E-state index in [4.69, 9.17) is 20.3 Å². The van der Waals surface area contributed by atoms with Crippen LogP contribution in [0.25, 0.3) is 0 Å². The molecule has 2 aromatic rings. The van der Waals surface area contributed by atoms with Crippen molar-refractivity contribution in [1.82, 2.24) is 24.5 Å². The molecule has 6 atom stereocenters. The summed E-state index contributed by atoms with van der Waals surface area (Å²) in [6.07, 6.45) is -3.93. The van der Waals surface area contributed by atoms with Gasteiger partial charge >= 0.3 is 29.2 Å². The number of nitrogens with zero attached hydrogens (tertiary/aromatic N) is 5. The molecule has 2 aromatic heterocycles. The van der Waals surface area contributed by atoms with Crippen LogP contribution in [0.4, 0.5) is 5.82 Å². The molecule has 8 N–H and O–H groups in total. The standard InChI is InChI=1S/C15H25N6O14P3/c1-7(2)9-5-20(19-18-9)3-8-4-21(15(24)17-13(8)16)14-12(23)11(22)10(33-14)6-32-37(28,29)35-38(30,31)34-36(25,26)27/h4-5,7,10-12,14,22-23H,3,6H2,1-2H3,(H,28,29)(H,30,31)(H2,16,17,24)(H2,25,26,27)/t10-,11?,12+,14-/m1/s1. The first-order chi connectivity index (χ1) is 17.4. The SMILES string of the molecule is CC(C)c1cn(Cc2cn([C@@H]3O[C@H](COP(=O)(O)OP(=O)(O)OP(=O)(O)O)C(O)[C@@H]3O)c(=O)nc2N)nn1. The highest BCUT2D eigenvalue weighted by Gasteiger charge is 2.47. The molecule has 1 fully saturated rings. The predicted molar refractivity (Wildman–Crippen MR) is 122 cm³/mol. The molecule has 0 bridgehead atoms. The van der Waals surface area contributed by atoms with E-state index in [1.54, 1.807) is 6.20 Å². The van der Waals surface area contributed by atoms with Crippen LogP contribution in [0, 0.1) is 0 Å². The summed E-state index contributed by atoms with van der Waals surface area (Å²) in [6.45, 7) is 2.79. The summed E-state index contributed by atoms with van der Waals surface area (Å²) in [7, 11) is -16.9. The molecule has 3 unspecified atom stereocenters. The van der Waals surface area contributed by atoms with Gasteiger partial charge in [-0.1, -0.05) is 19.1 Å². The largest absolute Gasteiger partial charge is 0.490 e. The van der Waals surface area contributed by atoms with Crippen LogP contribution >= 0.6 is 23.5 Å². The Kier molecular flexibility index (Phi) is 9.12. The number of rotatable bonds is 11. The number of anilines is 1. The van der Waals surface area contributed by atoms with E-state index < -0.39 is 60.3 Å². The lowest BCUT2D eigenvalue weighted by atomic mass is 10.1. The Morgan fingerprint density at radius 2 is 1.74 bits per heavy atom. The van der Waals surface area contributed by atoms with Gasteiger partial charge in [-0.25, -0.2) is 23.2 Å². The number of hydrogen-bond acceptors (Lipinski definition) is 14. The average Bonchev–Trinajstić information content (AvgIpc) is 3.32. The Balaban J connectivity index is 1.73. The molecule has 1 saturated heterocycles. The third-order valence-electron chi connectivity index (χ3n) is 4.97. The molecule has 0 spiro atoms. The van der Waals surface area contributed by atoms with E-state index in [9.17, 15) is 38.5 Å². The molecule has 0 radical (unpaired) electrons. The van der Waals surface area contributed by atoms with E-state index in [0.29, 0.717) is 5.69 Å². The van der Waals surface area contributed by atoms with E-state index in [1.807, 2.05) is 13.8 Å². The van der Waals surface area contributed by atoms with Crippen molar-refractivity contribution in [1.29, 1.82) is 0 Å². The molecular formula is C15H25N6O14P3. The maximum Gasteiger partial charge on any atom is 0.490 e. The highest BCUT2D eigenvalue weighted by Crippen LogP contribution is 2.66. The van der Waals surface area contributed by atoms with E-state index in [-0.39, 0.29) is 23.8 Å². The van der Waals surface area contributed by atoms with Crippen LogP contribution in [0.1, 0.15) is 37.3 Å². The second-order valence-corrected chi connectivity index (χ2v) is 12.7. The molecule has 0 aliphatic carbocycles. The fraction of sp³-hybridized carbons (Fsp3) is 0.600. The van der Waals surface area contributed by atoms with Gasteiger partial charge in [0.05, 0.1) is 18.8 Å². The van der Waals surface area contributed by atoms with E-state index >= 15 is 0 Å². The van der Waals surface area contributed by atoms with Crippen molar-refractivity contribution >= 4 is 29.3 Å². The number of aromatic nitrogens is 5. The molecule has 0 amide bonds. The lowest BCUT2D eigenvalue weighted by Gasteiger charge is -2.19. The Morgan fingerprint density at radius 3 is 2.32 bits per heavy atom. The number of ether oxygens (including phenoxy) is 1. The highest BCUT2D eigenvalue weighted by atomic mass is 31.3. The van der Waals surface area contributed by atoms with Crippen molar-refractivity contribution in [3.05, 3.63) is 34.1 Å². The monoisotopic (exact) mass is 606 g/mol. The number of aliphatic hydroxyl groups excluding tert-OH is 2. The molecule has 23 heteroatoms. The van der Waals surface area contributed by atoms with Crippen molar-refractivity contribution < 1.29 is 61.4 Å². The Bertz CT molecular complexity index is 1360. The zero-order valence-electron chi connectivity index (χ0n) is 19.6. The van der Waals surface area contributed by atoms with Crippen LogP contribution in [-0.4, -0.2) is 79.3 Å². The van der Waals surface area contributed by atoms with E-state index in [0.717, 1.165) is 4.57 Å². The van der Waals surface area contributed by atoms with E-state index in [2.05, 4.69) is 28.4 Å². The minimum Gasteiger partial charge on any atom is -0.387 e. The fourth-order valence-corrected chi connectivity index (χ4v) is 6.25. The van der Waals surface area contributed by atoms with Crippen LogP contribution in [0.2, 0.25) is 0 Å². The first-order valence-electron chi connectivity index (χ1n) is 10.4. The van der Waals surface area contributed by atoms with Gasteiger partial charge in [0, 0.05) is 18.0 Å². The first-order valence-corrected chi connectivity index (χ1v) is 15.0. The van der Waals surface area contributed by atoms with Gasteiger partial charge in [-0.3, -0.25) is 9.09 Å². The number of nitrogens with two attached hydrogens (primary N) is 1. The Hall–Kier alpha value is -1.89. The number of aliphatic hydroxyl groups is 2. The topological polar surface area (TPSA) is 301 Å². The molecule has 3 heterocycles. The van der Waals surface area contributed by atoms with Gasteiger partial charge in [-0.2, -0.15) is 13.6 Å². The first kappa shape index (κ1) is 30.6. The summed E-state index contributed by atoms with van der Waals surface area (Å²) in [5.41, 5.74) is 5.83. The number of nitrogen functional groups attached to an aromatic ring is 1. The second kappa shape index (κ2) is 11.3. The second-order valence-electron chi connectivity index (χ2n) is 8.27. The molecule has 3 rings (SSSR count). The highest BCUT2D eigenvalue weighted by molar-refractivity contribution is 7.66. The van der Waals surface area contributed by atoms with Gasteiger partial charge in [-0.05, 0) is 5.92 Å². The van der Waals surface area contributed by atoms with Gasteiger partial charge < -0.3 is 40.3 Å². The molecular weight excluding hydrogens is 581 g/mol. The normalized spacial score (nSPS) is 25.4. The quantitative estimate of drug-likeness (QED) is 0.144. The summed E-state index contributed by atoms with van der Waals surface area (Å²) in [6, 6.07) is 0. The molecule has 0 saturated carbocycles. The van der Waals surface area contributed by atoms with Gasteiger partial charge in [-0.15, -0.1) is 5.10 Å². The van der Waals surface area contributed by atoms with Crippen molar-refractivity contribution in [2.75, 3.05) is 12.3 Å². The lowest BCUT2D eigenvalue weighted by Crippen LogP contribution is -2.36. The van der Waals surface area contributed by atoms with Crippen molar-refractivity contribution in [3.63, 3.8) is 0 Å². The van der Waals surface area contributed by atoms with Gasteiger partial charge in [0.15, 0.2) is 6.23 Å². The maximum atomic E-state index is 12.5. The zero-order chi connectivity index (χ0) is 28.6. The van der Waals surface area contributed by atoms with Gasteiger partial charge in [0.1, 0.15) is 24.1 Å². The van der Waals surface area contributed by atoms with Crippen LogP contribution in [0.15, 0.2) is 17.2 Å². The average molecular weight is 606 g/mol. The third kappa shape index (κ3) is 7.83. The number of phosphoric ester groups is 1. The summed E-state index contributed by atoms with van der Waals surface area (Å²) in [5, 5.41) is 28.7. The summed E-state index contributed by atoms with van der Waals surface area (Å²) in [4.78, 5) is 52.0. The molecule has 1 aliphatic rings. The van der Waals surface area contributed by atoms with Crippen molar-refractivity contribution in [3.8, 4) is 0 Å². The molecule has 214 valence electrons. The van der Waals surface area contributed by atoms with E-state index in [1.165, 1.54) is 10.9 Å². The minimum absolute atomic E-state index is 0.0275. The summed E-state index contributed by atoms with van der Waals surface area (Å²) >= 11 is 0. The number of phosphoric acid groups is 3. The van der Waals surface area contributed by atoms with Crippen LogP contribution < -0.4 is 11.4 Å². The number of hydrogen-bond donors (Lipinski definition) is 7. The van der Waals surface area contributed by atoms with Gasteiger partial charge in [0.25, 0.3) is 0 Å².